The Balaban J connectivity index is 4.52. The van der Waals surface area contributed by atoms with Gasteiger partial charge in [-0.25, -0.2) is 27.2 Å². The van der Waals surface area contributed by atoms with Gasteiger partial charge in [0.2, 0.25) is 12.3 Å². The van der Waals surface area contributed by atoms with Gasteiger partial charge in [0.1, 0.15) is 0 Å². The quantitative estimate of drug-likeness (QED) is 0.377. The Morgan fingerprint density at radius 1 is 0.762 bits per heavy atom. The molecular formula is C10H10F4O7. The maximum absolute atomic E-state index is 13.0. The second-order valence-corrected chi connectivity index (χ2v) is 3.77. The number of alkyl halides is 4. The molecule has 0 spiro atoms. The van der Waals surface area contributed by atoms with Crippen molar-refractivity contribution in [3.05, 3.63) is 0 Å². The summed E-state index contributed by atoms with van der Waals surface area (Å²) in [4.78, 5) is 41.9. The molecule has 2 N–H and O–H groups in total. The average Bonchev–Trinajstić information content (AvgIpc) is 2.34. The lowest BCUT2D eigenvalue weighted by Crippen LogP contribution is -2.37. The fourth-order valence-corrected chi connectivity index (χ4v) is 1.05. The smallest absolute Gasteiger partial charge is 0.351 e. The topological polar surface area (TPSA) is 118 Å². The van der Waals surface area contributed by atoms with Crippen LogP contribution in [0.1, 0.15) is 12.8 Å². The van der Waals surface area contributed by atoms with Gasteiger partial charge in [-0.05, 0) is 0 Å². The molecule has 4 atom stereocenters. The summed E-state index contributed by atoms with van der Waals surface area (Å²) < 4.78 is 55.2. The Hall–Kier alpha value is -2.20. The number of hydrogen-bond donors (Lipinski definition) is 2. The summed E-state index contributed by atoms with van der Waals surface area (Å²) in [6, 6.07) is 0. The summed E-state index contributed by atoms with van der Waals surface area (Å²) in [5.74, 6) is -8.03. The molecule has 0 bridgehead atoms. The highest BCUT2D eigenvalue weighted by molar-refractivity contribution is 5.91. The van der Waals surface area contributed by atoms with Gasteiger partial charge in [0.15, 0.2) is 12.3 Å². The largest absolute Gasteiger partial charge is 0.481 e. The van der Waals surface area contributed by atoms with Crippen LogP contribution < -0.4 is 0 Å². The number of halogens is 4. The third kappa shape index (κ3) is 6.68. The van der Waals surface area contributed by atoms with E-state index < -0.39 is 61.4 Å². The van der Waals surface area contributed by atoms with E-state index in [1.165, 1.54) is 0 Å². The van der Waals surface area contributed by atoms with E-state index in [9.17, 15) is 36.7 Å². The lowest BCUT2D eigenvalue weighted by Gasteiger charge is -2.13. The summed E-state index contributed by atoms with van der Waals surface area (Å²) in [6.07, 6.45) is -14.9. The number of ether oxygens (including phenoxy) is 1. The Morgan fingerprint density at radius 2 is 1.05 bits per heavy atom. The molecule has 0 saturated carbocycles. The Bertz CT molecular complexity index is 390. The van der Waals surface area contributed by atoms with Crippen molar-refractivity contribution in [1.29, 1.82) is 0 Å². The molecule has 0 saturated heterocycles. The van der Waals surface area contributed by atoms with Gasteiger partial charge in [0.25, 0.3) is 0 Å². The number of carboxylic acid groups (broad SMARTS) is 2. The number of aliphatic carboxylic acids is 2. The molecule has 0 fully saturated rings. The van der Waals surface area contributed by atoms with Gasteiger partial charge in [0.05, 0.1) is 12.8 Å². The van der Waals surface area contributed by atoms with Crippen LogP contribution in [-0.4, -0.2) is 58.8 Å². The van der Waals surface area contributed by atoms with E-state index >= 15 is 0 Å². The number of hydrogen-bond acceptors (Lipinski definition) is 5. The van der Waals surface area contributed by atoms with Crippen LogP contribution in [0.3, 0.4) is 0 Å². The van der Waals surface area contributed by atoms with Crippen molar-refractivity contribution >= 4 is 23.9 Å². The molecule has 0 radical (unpaired) electrons. The molecular weight excluding hydrogens is 308 g/mol. The van der Waals surface area contributed by atoms with Gasteiger partial charge in [-0.1, -0.05) is 0 Å². The van der Waals surface area contributed by atoms with E-state index in [4.69, 9.17) is 10.2 Å². The van der Waals surface area contributed by atoms with Crippen LogP contribution in [0.5, 0.6) is 0 Å². The molecule has 0 aliphatic rings. The molecule has 7 nitrogen and oxygen atoms in total. The lowest BCUT2D eigenvalue weighted by atomic mass is 10.1. The molecule has 21 heavy (non-hydrogen) atoms. The first-order valence-corrected chi connectivity index (χ1v) is 5.31. The number of carboxylic acids is 2. The van der Waals surface area contributed by atoms with E-state index in [1.54, 1.807) is 0 Å². The molecule has 0 aromatic heterocycles. The maximum Gasteiger partial charge on any atom is 0.351 e. The van der Waals surface area contributed by atoms with Crippen molar-refractivity contribution in [2.75, 3.05) is 0 Å². The maximum atomic E-state index is 13.0. The highest BCUT2D eigenvalue weighted by atomic mass is 19.2. The summed E-state index contributed by atoms with van der Waals surface area (Å²) in [7, 11) is 0. The van der Waals surface area contributed by atoms with Crippen LogP contribution in [0.4, 0.5) is 17.6 Å². The zero-order valence-corrected chi connectivity index (χ0v) is 10.2. The van der Waals surface area contributed by atoms with Crippen molar-refractivity contribution in [3.63, 3.8) is 0 Å². The SMILES string of the molecule is O=C(O)CC(F)C(F)C(=O)OC(=O)C(F)C(F)CC(=O)O. The molecule has 0 aliphatic heterocycles. The first kappa shape index (κ1) is 18.8. The Morgan fingerprint density at radius 3 is 1.29 bits per heavy atom. The predicted molar refractivity (Wildman–Crippen MR) is 55.2 cm³/mol. The first-order valence-electron chi connectivity index (χ1n) is 5.31. The molecule has 0 aliphatic carbocycles. The zero-order valence-electron chi connectivity index (χ0n) is 10.2. The minimum absolute atomic E-state index is 1.41. The third-order valence-electron chi connectivity index (χ3n) is 2.03. The minimum Gasteiger partial charge on any atom is -0.481 e. The second-order valence-electron chi connectivity index (χ2n) is 3.77. The molecule has 120 valence electrons. The predicted octanol–water partition coefficient (Wildman–Crippen LogP) is 0.358. The summed E-state index contributed by atoms with van der Waals surface area (Å²) in [5.41, 5.74) is 0. The zero-order chi connectivity index (χ0) is 16.7. The van der Waals surface area contributed by atoms with E-state index in [1.807, 2.05) is 0 Å². The highest BCUT2D eigenvalue weighted by Crippen LogP contribution is 2.14. The molecule has 11 heteroatoms. The van der Waals surface area contributed by atoms with Crippen molar-refractivity contribution in [3.8, 4) is 0 Å². The van der Waals surface area contributed by atoms with E-state index in [0.717, 1.165) is 0 Å². The third-order valence-corrected chi connectivity index (χ3v) is 2.03. The van der Waals surface area contributed by atoms with Crippen molar-refractivity contribution in [1.82, 2.24) is 0 Å². The van der Waals surface area contributed by atoms with Gasteiger partial charge >= 0.3 is 23.9 Å². The number of rotatable bonds is 8. The van der Waals surface area contributed by atoms with Gasteiger partial charge in [-0.2, -0.15) is 0 Å². The standard InChI is InChI=1S/C10H10F4O7/c11-3(1-5(15)16)7(13)9(19)21-10(20)8(14)4(12)2-6(17)18/h3-4,7-8H,1-2H2,(H,15,16)(H,17,18). The van der Waals surface area contributed by atoms with Gasteiger partial charge in [-0.15, -0.1) is 0 Å². The van der Waals surface area contributed by atoms with Crippen LogP contribution >= 0.6 is 0 Å². The average molecular weight is 318 g/mol. The second kappa shape index (κ2) is 8.17. The minimum atomic E-state index is -3.19. The number of carbonyl (C=O) groups is 4. The Kier molecular flexibility index (Phi) is 7.31. The molecule has 0 heterocycles. The van der Waals surface area contributed by atoms with Crippen molar-refractivity contribution in [2.45, 2.75) is 37.5 Å². The van der Waals surface area contributed by atoms with Crippen molar-refractivity contribution in [2.24, 2.45) is 0 Å². The fraction of sp³-hybridized carbons (Fsp3) is 0.600. The molecule has 0 aromatic rings. The number of esters is 2. The monoisotopic (exact) mass is 318 g/mol. The van der Waals surface area contributed by atoms with E-state index in [0.29, 0.717) is 0 Å². The molecule has 4 unspecified atom stereocenters. The van der Waals surface area contributed by atoms with Crippen molar-refractivity contribution < 1.29 is 51.7 Å². The summed E-state index contributed by atoms with van der Waals surface area (Å²) in [6.45, 7) is 0. The molecule has 0 aromatic carbocycles. The van der Waals surface area contributed by atoms with Crippen LogP contribution in [0.25, 0.3) is 0 Å². The van der Waals surface area contributed by atoms with E-state index in [2.05, 4.69) is 4.74 Å². The number of carbonyl (C=O) groups excluding carboxylic acids is 2. The van der Waals surface area contributed by atoms with Gasteiger partial charge in [0, 0.05) is 0 Å². The molecule has 0 amide bonds. The van der Waals surface area contributed by atoms with Crippen LogP contribution in [-0.2, 0) is 23.9 Å². The fourth-order valence-electron chi connectivity index (χ4n) is 1.05. The van der Waals surface area contributed by atoms with Gasteiger partial charge in [-0.3, -0.25) is 9.59 Å². The lowest BCUT2D eigenvalue weighted by molar-refractivity contribution is -0.170. The normalized spacial score (nSPS) is 16.4. The van der Waals surface area contributed by atoms with E-state index in [-0.39, 0.29) is 0 Å². The van der Waals surface area contributed by atoms with Crippen LogP contribution in [0, 0.1) is 0 Å². The Labute approximate surface area is 114 Å². The first-order chi connectivity index (χ1) is 9.56. The van der Waals surface area contributed by atoms with Gasteiger partial charge < -0.3 is 14.9 Å². The summed E-state index contributed by atoms with van der Waals surface area (Å²) in [5, 5.41) is 16.3. The molecule has 0 rings (SSSR count). The van der Waals surface area contributed by atoms with Crippen LogP contribution in [0.2, 0.25) is 0 Å². The van der Waals surface area contributed by atoms with Crippen LogP contribution in [0.15, 0.2) is 0 Å². The summed E-state index contributed by atoms with van der Waals surface area (Å²) >= 11 is 0. The highest BCUT2D eigenvalue weighted by Gasteiger charge is 2.37.